The van der Waals surface area contributed by atoms with E-state index in [-0.39, 0.29) is 24.4 Å². The van der Waals surface area contributed by atoms with Crippen LogP contribution in [-0.4, -0.2) is 35.9 Å². The van der Waals surface area contributed by atoms with Crippen molar-refractivity contribution in [3.8, 4) is 0 Å². The molecule has 0 bridgehead atoms. The molecule has 1 aliphatic carbocycles. The molecule has 1 heterocycles. The fourth-order valence-corrected chi connectivity index (χ4v) is 1.42. The minimum atomic E-state index is -0.291. The zero-order valence-electron chi connectivity index (χ0n) is 9.68. The molecule has 0 spiro atoms. The number of anilines is 1. The first kappa shape index (κ1) is 12.0. The zero-order valence-corrected chi connectivity index (χ0v) is 9.68. The summed E-state index contributed by atoms with van der Waals surface area (Å²) in [6, 6.07) is 0.142. The third-order valence-corrected chi connectivity index (χ3v) is 2.62. The highest BCUT2D eigenvalue weighted by Crippen LogP contribution is 2.39. The van der Waals surface area contributed by atoms with Crippen LogP contribution in [0.15, 0.2) is 4.42 Å². The Morgan fingerprint density at radius 2 is 2.41 bits per heavy atom. The molecule has 1 saturated carbocycles. The molecular weight excluding hydrogens is 224 g/mol. The van der Waals surface area contributed by atoms with Gasteiger partial charge in [-0.1, -0.05) is 5.10 Å². The van der Waals surface area contributed by atoms with E-state index >= 15 is 0 Å². The van der Waals surface area contributed by atoms with Crippen LogP contribution in [0, 0.1) is 0 Å². The number of methoxy groups -OCH3 is 1. The molecule has 0 aromatic carbocycles. The summed E-state index contributed by atoms with van der Waals surface area (Å²) in [6.45, 7) is 0.293. The van der Waals surface area contributed by atoms with Crippen LogP contribution in [0.2, 0.25) is 0 Å². The number of nitrogens with two attached hydrogens (primary N) is 1. The van der Waals surface area contributed by atoms with Crippen molar-refractivity contribution in [1.29, 1.82) is 0 Å². The van der Waals surface area contributed by atoms with Gasteiger partial charge in [0.2, 0.25) is 11.8 Å². The van der Waals surface area contributed by atoms with Crippen molar-refractivity contribution in [2.75, 3.05) is 19.0 Å². The highest BCUT2D eigenvalue weighted by atomic mass is 16.5. The maximum absolute atomic E-state index is 11.6. The van der Waals surface area contributed by atoms with Gasteiger partial charge in [0.05, 0.1) is 12.5 Å². The Labute approximate surface area is 98.7 Å². The van der Waals surface area contributed by atoms with E-state index in [1.807, 2.05) is 0 Å². The van der Waals surface area contributed by atoms with Gasteiger partial charge in [-0.15, -0.1) is 5.10 Å². The van der Waals surface area contributed by atoms with Crippen molar-refractivity contribution < 1.29 is 13.9 Å². The number of amides is 1. The summed E-state index contributed by atoms with van der Waals surface area (Å²) >= 11 is 0. The number of nitrogens with zero attached hydrogens (tertiary/aromatic N) is 2. The fourth-order valence-electron chi connectivity index (χ4n) is 1.42. The summed E-state index contributed by atoms with van der Waals surface area (Å²) in [4.78, 5) is 11.6. The average Bonchev–Trinajstić information content (AvgIpc) is 3.08. The molecule has 94 valence electrons. The first-order chi connectivity index (χ1) is 8.22. The second-order valence-corrected chi connectivity index (χ2v) is 4.07. The lowest BCUT2D eigenvalue weighted by molar-refractivity contribution is -0.118. The van der Waals surface area contributed by atoms with Crippen molar-refractivity contribution in [3.05, 3.63) is 5.89 Å². The highest BCUT2D eigenvalue weighted by molar-refractivity contribution is 5.88. The smallest absolute Gasteiger partial charge is 0.322 e. The van der Waals surface area contributed by atoms with E-state index < -0.39 is 0 Å². The van der Waals surface area contributed by atoms with Crippen molar-refractivity contribution in [1.82, 2.24) is 10.2 Å². The lowest BCUT2D eigenvalue weighted by Crippen LogP contribution is -2.28. The predicted octanol–water partition coefficient (Wildman–Crippen LogP) is 0.249. The Kier molecular flexibility index (Phi) is 3.70. The number of nitrogens with one attached hydrogen (secondary N) is 1. The molecule has 7 nitrogen and oxygen atoms in total. The van der Waals surface area contributed by atoms with Crippen LogP contribution in [0.5, 0.6) is 0 Å². The number of hydrogen-bond donors (Lipinski definition) is 2. The quantitative estimate of drug-likeness (QED) is 0.738. The van der Waals surface area contributed by atoms with Gasteiger partial charge in [0.15, 0.2) is 0 Å². The van der Waals surface area contributed by atoms with Crippen LogP contribution in [0.25, 0.3) is 0 Å². The molecule has 1 fully saturated rings. The number of aromatic nitrogens is 2. The number of carbonyl (C=O) groups excluding carboxylic acids is 1. The lowest BCUT2D eigenvalue weighted by atomic mass is 10.2. The van der Waals surface area contributed by atoms with Crippen LogP contribution in [0.4, 0.5) is 6.01 Å². The number of rotatable bonds is 6. The monoisotopic (exact) mass is 240 g/mol. The molecule has 1 unspecified atom stereocenters. The van der Waals surface area contributed by atoms with E-state index in [0.29, 0.717) is 18.4 Å². The second-order valence-electron chi connectivity index (χ2n) is 4.07. The average molecular weight is 240 g/mol. The van der Waals surface area contributed by atoms with E-state index in [2.05, 4.69) is 15.5 Å². The molecule has 1 aliphatic rings. The summed E-state index contributed by atoms with van der Waals surface area (Å²) in [5, 5.41) is 10.1. The first-order valence-electron chi connectivity index (χ1n) is 5.59. The molecule has 0 aliphatic heterocycles. The molecule has 0 saturated heterocycles. The summed E-state index contributed by atoms with van der Waals surface area (Å²) in [7, 11) is 1.52. The molecule has 7 heteroatoms. The van der Waals surface area contributed by atoms with Gasteiger partial charge in [-0.3, -0.25) is 10.1 Å². The van der Waals surface area contributed by atoms with Gasteiger partial charge in [-0.05, 0) is 12.8 Å². The van der Waals surface area contributed by atoms with Gasteiger partial charge < -0.3 is 14.9 Å². The maximum atomic E-state index is 11.6. The summed E-state index contributed by atoms with van der Waals surface area (Å²) in [6.07, 6.45) is 2.04. The largest absolute Gasteiger partial charge is 0.408 e. The number of hydrogen-bond acceptors (Lipinski definition) is 6. The molecule has 1 atom stereocenters. The van der Waals surface area contributed by atoms with E-state index in [0.717, 1.165) is 12.8 Å². The number of ether oxygens (including phenoxy) is 1. The third-order valence-electron chi connectivity index (χ3n) is 2.62. The topological polar surface area (TPSA) is 103 Å². The van der Waals surface area contributed by atoms with E-state index in [4.69, 9.17) is 14.9 Å². The Hall–Kier alpha value is -1.47. The van der Waals surface area contributed by atoms with Gasteiger partial charge in [0, 0.05) is 19.6 Å². The zero-order chi connectivity index (χ0) is 12.3. The summed E-state index contributed by atoms with van der Waals surface area (Å²) in [5.74, 6) is 0.736. The highest BCUT2D eigenvalue weighted by Gasteiger charge is 2.29. The van der Waals surface area contributed by atoms with Gasteiger partial charge in [-0.25, -0.2) is 0 Å². The SMILES string of the molecule is COC(CN)CC(=O)Nc1nnc(C2CC2)o1. The van der Waals surface area contributed by atoms with Gasteiger partial charge in [0.1, 0.15) is 0 Å². The second kappa shape index (κ2) is 5.24. The number of carbonyl (C=O) groups is 1. The van der Waals surface area contributed by atoms with E-state index in [1.165, 1.54) is 7.11 Å². The predicted molar refractivity (Wildman–Crippen MR) is 59.4 cm³/mol. The molecule has 0 radical (unpaired) electrons. The van der Waals surface area contributed by atoms with Crippen LogP contribution >= 0.6 is 0 Å². The minimum Gasteiger partial charge on any atom is -0.408 e. The van der Waals surface area contributed by atoms with Crippen molar-refractivity contribution in [3.63, 3.8) is 0 Å². The summed E-state index contributed by atoms with van der Waals surface area (Å²) < 4.78 is 10.3. The van der Waals surface area contributed by atoms with Crippen molar-refractivity contribution in [2.24, 2.45) is 5.73 Å². The minimum absolute atomic E-state index is 0.142. The Balaban J connectivity index is 1.84. The lowest BCUT2D eigenvalue weighted by Gasteiger charge is -2.10. The van der Waals surface area contributed by atoms with Crippen molar-refractivity contribution in [2.45, 2.75) is 31.3 Å². The van der Waals surface area contributed by atoms with Gasteiger partial charge in [-0.2, -0.15) is 0 Å². The molecule has 17 heavy (non-hydrogen) atoms. The molecule has 3 N–H and O–H groups in total. The molecule has 1 aromatic rings. The normalized spacial score (nSPS) is 16.8. The standard InChI is InChI=1S/C10H16N4O3/c1-16-7(5-11)4-8(15)12-10-14-13-9(17-10)6-2-3-6/h6-7H,2-5,11H2,1H3,(H,12,14,15). The van der Waals surface area contributed by atoms with Crippen LogP contribution in [0.1, 0.15) is 31.1 Å². The molecular formula is C10H16N4O3. The molecule has 2 rings (SSSR count). The van der Waals surface area contributed by atoms with Crippen LogP contribution < -0.4 is 11.1 Å². The van der Waals surface area contributed by atoms with Crippen LogP contribution in [-0.2, 0) is 9.53 Å². The van der Waals surface area contributed by atoms with Crippen LogP contribution in [0.3, 0.4) is 0 Å². The van der Waals surface area contributed by atoms with Crippen molar-refractivity contribution >= 4 is 11.9 Å². The Morgan fingerprint density at radius 3 is 3.00 bits per heavy atom. The summed E-state index contributed by atoms with van der Waals surface area (Å²) in [5.41, 5.74) is 5.42. The molecule has 1 aromatic heterocycles. The third kappa shape index (κ3) is 3.24. The Morgan fingerprint density at radius 1 is 1.65 bits per heavy atom. The Bertz CT molecular complexity index is 385. The maximum Gasteiger partial charge on any atom is 0.322 e. The first-order valence-corrected chi connectivity index (χ1v) is 5.59. The molecule has 1 amide bonds. The van der Waals surface area contributed by atoms with E-state index in [1.54, 1.807) is 0 Å². The van der Waals surface area contributed by atoms with E-state index in [9.17, 15) is 4.79 Å². The fraction of sp³-hybridized carbons (Fsp3) is 0.700. The van der Waals surface area contributed by atoms with Gasteiger partial charge in [0.25, 0.3) is 0 Å². The van der Waals surface area contributed by atoms with Gasteiger partial charge >= 0.3 is 6.01 Å².